The van der Waals surface area contributed by atoms with Gasteiger partial charge in [0, 0.05) is 18.3 Å². The van der Waals surface area contributed by atoms with Crippen LogP contribution in [0.3, 0.4) is 0 Å². The molecule has 0 bridgehead atoms. The standard InChI is InChI=1S/C19H22N2O4S/c1-14(2)13-25-18-10-5-7-15(11-18)19(22)20-16-8-6-9-17(12-16)21(3)26(4,23)24/h5-12H,1,13H2,2-4H3,(H,20,22). The van der Waals surface area contributed by atoms with E-state index in [1.165, 1.54) is 7.05 Å². The van der Waals surface area contributed by atoms with E-state index in [1.807, 2.05) is 6.92 Å². The second-order valence-electron chi connectivity index (χ2n) is 6.01. The zero-order chi connectivity index (χ0) is 19.3. The summed E-state index contributed by atoms with van der Waals surface area (Å²) in [4.78, 5) is 12.5. The summed E-state index contributed by atoms with van der Waals surface area (Å²) in [7, 11) is -1.92. The van der Waals surface area contributed by atoms with Crippen LogP contribution in [0, 0.1) is 0 Å². The molecule has 0 saturated heterocycles. The average molecular weight is 374 g/mol. The van der Waals surface area contributed by atoms with Crippen molar-refractivity contribution in [3.63, 3.8) is 0 Å². The molecule has 0 aromatic heterocycles. The number of hydrogen-bond donors (Lipinski definition) is 1. The third kappa shape index (κ3) is 5.35. The van der Waals surface area contributed by atoms with Gasteiger partial charge in [-0.2, -0.15) is 0 Å². The molecular formula is C19H22N2O4S. The van der Waals surface area contributed by atoms with Crippen LogP contribution in [0.4, 0.5) is 11.4 Å². The van der Waals surface area contributed by atoms with Crippen molar-refractivity contribution < 1.29 is 17.9 Å². The lowest BCUT2D eigenvalue weighted by molar-refractivity contribution is 0.102. The first-order valence-electron chi connectivity index (χ1n) is 7.89. The van der Waals surface area contributed by atoms with E-state index in [-0.39, 0.29) is 5.91 Å². The average Bonchev–Trinajstić information content (AvgIpc) is 2.59. The molecule has 0 aliphatic rings. The number of hydrogen-bond acceptors (Lipinski definition) is 4. The zero-order valence-electron chi connectivity index (χ0n) is 15.0. The van der Waals surface area contributed by atoms with Crippen molar-refractivity contribution in [2.24, 2.45) is 0 Å². The summed E-state index contributed by atoms with van der Waals surface area (Å²) >= 11 is 0. The summed E-state index contributed by atoms with van der Waals surface area (Å²) < 4.78 is 30.0. The van der Waals surface area contributed by atoms with Crippen LogP contribution in [0.15, 0.2) is 60.7 Å². The molecule has 6 nitrogen and oxygen atoms in total. The molecule has 1 N–H and O–H groups in total. The number of nitrogens with one attached hydrogen (secondary N) is 1. The Bertz CT molecular complexity index is 923. The van der Waals surface area contributed by atoms with Crippen LogP contribution < -0.4 is 14.4 Å². The molecule has 0 fully saturated rings. The van der Waals surface area contributed by atoms with Crippen LogP contribution in [0.1, 0.15) is 17.3 Å². The number of nitrogens with zero attached hydrogens (tertiary/aromatic N) is 1. The van der Waals surface area contributed by atoms with Crippen LogP contribution in [-0.2, 0) is 10.0 Å². The number of rotatable bonds is 7. The van der Waals surface area contributed by atoms with Crippen molar-refractivity contribution in [3.8, 4) is 5.75 Å². The van der Waals surface area contributed by atoms with Gasteiger partial charge in [0.25, 0.3) is 5.91 Å². The summed E-state index contributed by atoms with van der Waals surface area (Å²) in [5.41, 5.74) is 2.28. The van der Waals surface area contributed by atoms with E-state index in [9.17, 15) is 13.2 Å². The number of ether oxygens (including phenoxy) is 1. The smallest absolute Gasteiger partial charge is 0.255 e. The molecule has 7 heteroatoms. The molecule has 0 heterocycles. The predicted octanol–water partition coefficient (Wildman–Crippen LogP) is 3.29. The molecule has 2 rings (SSSR count). The Morgan fingerprint density at radius 1 is 1.19 bits per heavy atom. The number of carbonyl (C=O) groups excluding carboxylic acids is 1. The second-order valence-corrected chi connectivity index (χ2v) is 8.02. The topological polar surface area (TPSA) is 75.7 Å². The van der Waals surface area contributed by atoms with Crippen LogP contribution in [-0.4, -0.2) is 34.2 Å². The van der Waals surface area contributed by atoms with Crippen molar-refractivity contribution >= 4 is 27.3 Å². The van der Waals surface area contributed by atoms with Gasteiger partial charge < -0.3 is 10.1 Å². The molecule has 2 aromatic carbocycles. The maximum absolute atomic E-state index is 12.5. The van der Waals surface area contributed by atoms with Gasteiger partial charge in [-0.3, -0.25) is 9.10 Å². The molecule has 1 amide bonds. The van der Waals surface area contributed by atoms with Crippen molar-refractivity contribution in [3.05, 3.63) is 66.2 Å². The van der Waals surface area contributed by atoms with Gasteiger partial charge in [-0.25, -0.2) is 8.42 Å². The SMILES string of the molecule is C=C(C)COc1cccc(C(=O)Nc2cccc(N(C)S(C)(=O)=O)c2)c1. The lowest BCUT2D eigenvalue weighted by Gasteiger charge is -2.17. The van der Waals surface area contributed by atoms with E-state index in [4.69, 9.17) is 4.74 Å². The van der Waals surface area contributed by atoms with Gasteiger partial charge in [0.1, 0.15) is 12.4 Å². The van der Waals surface area contributed by atoms with Crippen molar-refractivity contribution in [1.82, 2.24) is 0 Å². The second kappa shape index (κ2) is 8.05. The van der Waals surface area contributed by atoms with Gasteiger partial charge >= 0.3 is 0 Å². The molecule has 0 spiro atoms. The summed E-state index contributed by atoms with van der Waals surface area (Å²) in [6.07, 6.45) is 1.12. The summed E-state index contributed by atoms with van der Waals surface area (Å²) in [6, 6.07) is 13.4. The lowest BCUT2D eigenvalue weighted by Crippen LogP contribution is -2.24. The largest absolute Gasteiger partial charge is 0.489 e. The number of sulfonamides is 1. The molecule has 0 radical (unpaired) electrons. The van der Waals surface area contributed by atoms with Gasteiger partial charge in [-0.15, -0.1) is 0 Å². The van der Waals surface area contributed by atoms with E-state index in [1.54, 1.807) is 48.5 Å². The first-order chi connectivity index (χ1) is 12.2. The fraction of sp³-hybridized carbons (Fsp3) is 0.211. The Labute approximate surface area is 154 Å². The van der Waals surface area contributed by atoms with Gasteiger partial charge in [-0.1, -0.05) is 18.7 Å². The molecule has 26 heavy (non-hydrogen) atoms. The molecule has 2 aromatic rings. The highest BCUT2D eigenvalue weighted by Crippen LogP contribution is 2.21. The highest BCUT2D eigenvalue weighted by molar-refractivity contribution is 7.92. The van der Waals surface area contributed by atoms with Crippen molar-refractivity contribution in [2.75, 3.05) is 29.5 Å². The highest BCUT2D eigenvalue weighted by Gasteiger charge is 2.13. The molecular weight excluding hydrogens is 352 g/mol. The Morgan fingerprint density at radius 3 is 2.54 bits per heavy atom. The van der Waals surface area contributed by atoms with E-state index in [0.29, 0.717) is 29.3 Å². The predicted molar refractivity (Wildman–Crippen MR) is 104 cm³/mol. The highest BCUT2D eigenvalue weighted by atomic mass is 32.2. The molecule has 0 saturated carbocycles. The number of benzene rings is 2. The normalized spacial score (nSPS) is 10.9. The van der Waals surface area contributed by atoms with Crippen LogP contribution in [0.25, 0.3) is 0 Å². The summed E-state index contributed by atoms with van der Waals surface area (Å²) in [5, 5.41) is 2.76. The zero-order valence-corrected chi connectivity index (χ0v) is 15.8. The third-order valence-electron chi connectivity index (χ3n) is 3.55. The summed E-state index contributed by atoms with van der Waals surface area (Å²) in [6.45, 7) is 6.01. The molecule has 0 aliphatic carbocycles. The van der Waals surface area contributed by atoms with Gasteiger partial charge in [-0.05, 0) is 48.9 Å². The Balaban J connectivity index is 2.15. The quantitative estimate of drug-likeness (QED) is 0.755. The van der Waals surface area contributed by atoms with Crippen LogP contribution in [0.5, 0.6) is 5.75 Å². The van der Waals surface area contributed by atoms with Crippen molar-refractivity contribution in [2.45, 2.75) is 6.92 Å². The maximum atomic E-state index is 12.5. The Kier molecular flexibility index (Phi) is 6.05. The molecule has 138 valence electrons. The van der Waals surface area contributed by atoms with Crippen LogP contribution >= 0.6 is 0 Å². The minimum absolute atomic E-state index is 0.315. The minimum Gasteiger partial charge on any atom is -0.489 e. The van der Waals surface area contributed by atoms with Gasteiger partial charge in [0.15, 0.2) is 0 Å². The number of carbonyl (C=O) groups is 1. The van der Waals surface area contributed by atoms with E-state index in [0.717, 1.165) is 16.1 Å². The van der Waals surface area contributed by atoms with Crippen molar-refractivity contribution in [1.29, 1.82) is 0 Å². The van der Waals surface area contributed by atoms with E-state index in [2.05, 4.69) is 11.9 Å². The Hall–Kier alpha value is -2.80. The van der Waals surface area contributed by atoms with E-state index >= 15 is 0 Å². The van der Waals surface area contributed by atoms with Gasteiger partial charge in [0.2, 0.25) is 10.0 Å². The maximum Gasteiger partial charge on any atom is 0.255 e. The van der Waals surface area contributed by atoms with Crippen LogP contribution in [0.2, 0.25) is 0 Å². The lowest BCUT2D eigenvalue weighted by atomic mass is 10.2. The Morgan fingerprint density at radius 2 is 1.88 bits per heavy atom. The minimum atomic E-state index is -3.38. The molecule has 0 unspecified atom stereocenters. The third-order valence-corrected chi connectivity index (χ3v) is 4.75. The first-order valence-corrected chi connectivity index (χ1v) is 9.74. The fourth-order valence-corrected chi connectivity index (χ4v) is 2.60. The van der Waals surface area contributed by atoms with E-state index < -0.39 is 10.0 Å². The summed E-state index contributed by atoms with van der Waals surface area (Å²) in [5.74, 6) is 0.260. The fourth-order valence-electron chi connectivity index (χ4n) is 2.11. The van der Waals surface area contributed by atoms with Gasteiger partial charge in [0.05, 0.1) is 11.9 Å². The first kappa shape index (κ1) is 19.5. The monoisotopic (exact) mass is 374 g/mol. The number of anilines is 2. The number of amides is 1. The molecule has 0 atom stereocenters. The molecule has 0 aliphatic heterocycles.